The smallest absolute Gasteiger partial charge is 0.261 e. The quantitative estimate of drug-likeness (QED) is 0.560. The predicted octanol–water partition coefficient (Wildman–Crippen LogP) is 4.44. The third kappa shape index (κ3) is 5.12. The Labute approximate surface area is 193 Å². The molecule has 2 N–H and O–H groups in total. The summed E-state index contributed by atoms with van der Waals surface area (Å²) in [7, 11) is -3.87. The number of rotatable bonds is 6. The first-order valence-corrected chi connectivity index (χ1v) is 12.0. The molecule has 0 radical (unpaired) electrons. The highest BCUT2D eigenvalue weighted by Crippen LogP contribution is 2.32. The summed E-state index contributed by atoms with van der Waals surface area (Å²) in [5, 5.41) is 2.83. The van der Waals surface area contributed by atoms with Crippen molar-refractivity contribution < 1.29 is 22.7 Å². The lowest BCUT2D eigenvalue weighted by Gasteiger charge is -2.19. The third-order valence-corrected chi connectivity index (χ3v) is 6.72. The fraction of sp³-hybridized carbons (Fsp3) is 0.240. The Morgan fingerprint density at radius 2 is 1.64 bits per heavy atom. The highest BCUT2D eigenvalue weighted by atomic mass is 32.2. The standard InChI is InChI=1S/C25H26N2O5S/c1-25(2,3)18-9-11-19(12-10-18)33(29,30)27-21-7-5-4-6-20(21)24(28)26-15-17-8-13-22-23(14-17)32-16-31-22/h4-14,27H,15-16H2,1-3H3,(H,26,28). The fourth-order valence-electron chi connectivity index (χ4n) is 3.44. The highest BCUT2D eigenvalue weighted by Gasteiger charge is 2.20. The van der Waals surface area contributed by atoms with E-state index in [1.807, 2.05) is 6.07 Å². The van der Waals surface area contributed by atoms with Crippen molar-refractivity contribution >= 4 is 21.6 Å². The van der Waals surface area contributed by atoms with Gasteiger partial charge in [0.15, 0.2) is 11.5 Å². The minimum absolute atomic E-state index is 0.0849. The van der Waals surface area contributed by atoms with Gasteiger partial charge in [0.1, 0.15) is 0 Å². The van der Waals surface area contributed by atoms with Gasteiger partial charge >= 0.3 is 0 Å². The molecule has 0 bridgehead atoms. The Balaban J connectivity index is 1.49. The average molecular weight is 467 g/mol. The van der Waals surface area contributed by atoms with Gasteiger partial charge in [-0.15, -0.1) is 0 Å². The number of hydrogen-bond donors (Lipinski definition) is 2. The van der Waals surface area contributed by atoms with Gasteiger partial charge in [0, 0.05) is 6.54 Å². The molecule has 0 saturated carbocycles. The van der Waals surface area contributed by atoms with E-state index in [-0.39, 0.29) is 34.9 Å². The second-order valence-corrected chi connectivity index (χ2v) is 10.5. The van der Waals surface area contributed by atoms with Crippen LogP contribution >= 0.6 is 0 Å². The summed E-state index contributed by atoms with van der Waals surface area (Å²) in [6.45, 7) is 6.62. The first-order chi connectivity index (χ1) is 15.6. The zero-order valence-electron chi connectivity index (χ0n) is 18.7. The van der Waals surface area contributed by atoms with Crippen LogP contribution in [0.2, 0.25) is 0 Å². The Morgan fingerprint density at radius 3 is 2.36 bits per heavy atom. The summed E-state index contributed by atoms with van der Waals surface area (Å²) >= 11 is 0. The zero-order valence-corrected chi connectivity index (χ0v) is 19.5. The van der Waals surface area contributed by atoms with Crippen molar-refractivity contribution in [2.75, 3.05) is 11.5 Å². The molecule has 0 fully saturated rings. The van der Waals surface area contributed by atoms with Crippen molar-refractivity contribution in [3.63, 3.8) is 0 Å². The Hall–Kier alpha value is -3.52. The number of benzene rings is 3. The lowest BCUT2D eigenvalue weighted by atomic mass is 9.87. The molecular weight excluding hydrogens is 440 g/mol. The normalized spacial score (nSPS) is 12.9. The van der Waals surface area contributed by atoms with Gasteiger partial charge in [0.25, 0.3) is 15.9 Å². The van der Waals surface area contributed by atoms with E-state index < -0.39 is 15.9 Å². The first-order valence-electron chi connectivity index (χ1n) is 10.5. The average Bonchev–Trinajstić information content (AvgIpc) is 3.25. The van der Waals surface area contributed by atoms with Crippen molar-refractivity contribution in [1.29, 1.82) is 0 Å². The van der Waals surface area contributed by atoms with Gasteiger partial charge in [0.2, 0.25) is 6.79 Å². The fourth-order valence-corrected chi connectivity index (χ4v) is 4.52. The van der Waals surface area contributed by atoms with E-state index in [1.165, 1.54) is 0 Å². The largest absolute Gasteiger partial charge is 0.454 e. The van der Waals surface area contributed by atoms with Crippen LogP contribution in [0.4, 0.5) is 5.69 Å². The minimum Gasteiger partial charge on any atom is -0.454 e. The molecule has 0 aliphatic carbocycles. The molecule has 0 atom stereocenters. The molecule has 0 spiro atoms. The first kappa shape index (κ1) is 22.7. The van der Waals surface area contributed by atoms with Crippen LogP contribution < -0.4 is 19.5 Å². The topological polar surface area (TPSA) is 93.7 Å². The number of anilines is 1. The van der Waals surface area contributed by atoms with Crippen LogP contribution in [0.3, 0.4) is 0 Å². The van der Waals surface area contributed by atoms with Gasteiger partial charge in [0.05, 0.1) is 16.1 Å². The molecule has 1 heterocycles. The SMILES string of the molecule is CC(C)(C)c1ccc(S(=O)(=O)Nc2ccccc2C(=O)NCc2ccc3c(c2)OCO3)cc1. The van der Waals surface area contributed by atoms with Gasteiger partial charge in [-0.2, -0.15) is 0 Å². The van der Waals surface area contributed by atoms with Crippen LogP contribution in [0.5, 0.6) is 11.5 Å². The van der Waals surface area contributed by atoms with Gasteiger partial charge in [-0.25, -0.2) is 8.42 Å². The summed E-state index contributed by atoms with van der Waals surface area (Å²) < 4.78 is 39.1. The van der Waals surface area contributed by atoms with Gasteiger partial charge in [-0.3, -0.25) is 9.52 Å². The van der Waals surface area contributed by atoms with E-state index in [0.717, 1.165) is 11.1 Å². The number of nitrogens with one attached hydrogen (secondary N) is 2. The van der Waals surface area contributed by atoms with Crippen LogP contribution in [0.1, 0.15) is 42.3 Å². The molecule has 7 nitrogen and oxygen atoms in total. The van der Waals surface area contributed by atoms with Crippen LogP contribution in [-0.4, -0.2) is 21.1 Å². The molecule has 1 aliphatic rings. The summed E-state index contributed by atoms with van der Waals surface area (Å²) in [5.41, 5.74) is 2.22. The van der Waals surface area contributed by atoms with Crippen molar-refractivity contribution in [2.24, 2.45) is 0 Å². The molecule has 1 aliphatic heterocycles. The summed E-state index contributed by atoms with van der Waals surface area (Å²) in [5.74, 6) is 0.904. The molecule has 0 aromatic heterocycles. The molecule has 0 saturated heterocycles. The lowest BCUT2D eigenvalue weighted by Crippen LogP contribution is -2.25. The third-order valence-electron chi connectivity index (χ3n) is 5.34. The Bertz CT molecular complexity index is 1280. The van der Waals surface area contributed by atoms with Crippen LogP contribution in [0.25, 0.3) is 0 Å². The van der Waals surface area contributed by atoms with Crippen LogP contribution in [0, 0.1) is 0 Å². The van der Waals surface area contributed by atoms with Crippen molar-refractivity contribution in [3.8, 4) is 11.5 Å². The molecule has 3 aromatic carbocycles. The Kier molecular flexibility index (Phi) is 6.03. The van der Waals surface area contributed by atoms with E-state index in [2.05, 4.69) is 30.8 Å². The van der Waals surface area contributed by atoms with Crippen molar-refractivity contribution in [2.45, 2.75) is 37.6 Å². The zero-order chi connectivity index (χ0) is 23.6. The van der Waals surface area contributed by atoms with E-state index in [9.17, 15) is 13.2 Å². The molecule has 3 aromatic rings. The monoisotopic (exact) mass is 466 g/mol. The molecule has 172 valence electrons. The van der Waals surface area contributed by atoms with Crippen LogP contribution in [0.15, 0.2) is 71.6 Å². The van der Waals surface area contributed by atoms with E-state index in [1.54, 1.807) is 60.7 Å². The number of hydrogen-bond acceptors (Lipinski definition) is 5. The summed E-state index contributed by atoms with van der Waals surface area (Å²) in [6, 6.07) is 18.7. The second kappa shape index (κ2) is 8.78. The van der Waals surface area contributed by atoms with Gasteiger partial charge < -0.3 is 14.8 Å². The van der Waals surface area contributed by atoms with Crippen molar-refractivity contribution in [3.05, 3.63) is 83.4 Å². The predicted molar refractivity (Wildman–Crippen MR) is 126 cm³/mol. The highest BCUT2D eigenvalue weighted by molar-refractivity contribution is 7.92. The number of carbonyl (C=O) groups excluding carboxylic acids is 1. The maximum atomic E-state index is 13.0. The number of ether oxygens (including phenoxy) is 2. The Morgan fingerprint density at radius 1 is 0.939 bits per heavy atom. The number of sulfonamides is 1. The van der Waals surface area contributed by atoms with Gasteiger partial charge in [-0.05, 0) is 52.9 Å². The van der Waals surface area contributed by atoms with E-state index in [4.69, 9.17) is 9.47 Å². The second-order valence-electron chi connectivity index (χ2n) is 8.80. The lowest BCUT2D eigenvalue weighted by molar-refractivity contribution is 0.0951. The number of fused-ring (bicyclic) bond motifs is 1. The maximum Gasteiger partial charge on any atom is 0.261 e. The molecule has 33 heavy (non-hydrogen) atoms. The van der Waals surface area contributed by atoms with Crippen LogP contribution in [-0.2, 0) is 22.0 Å². The summed E-state index contributed by atoms with van der Waals surface area (Å²) in [4.78, 5) is 13.0. The number of para-hydroxylation sites is 1. The number of amides is 1. The molecule has 8 heteroatoms. The number of carbonyl (C=O) groups is 1. The molecule has 0 unspecified atom stereocenters. The van der Waals surface area contributed by atoms with E-state index in [0.29, 0.717) is 11.5 Å². The molecular formula is C25H26N2O5S. The molecule has 1 amide bonds. The maximum absolute atomic E-state index is 13.0. The summed E-state index contributed by atoms with van der Waals surface area (Å²) in [6.07, 6.45) is 0. The van der Waals surface area contributed by atoms with Crippen molar-refractivity contribution in [1.82, 2.24) is 5.32 Å². The minimum atomic E-state index is -3.87. The molecule has 4 rings (SSSR count). The van der Waals surface area contributed by atoms with Gasteiger partial charge in [-0.1, -0.05) is 51.1 Å². The van der Waals surface area contributed by atoms with E-state index >= 15 is 0 Å².